The molecule has 0 aliphatic heterocycles. The number of H-pyrrole nitrogens is 1. The van der Waals surface area contributed by atoms with Crippen molar-refractivity contribution < 1.29 is 9.90 Å². The van der Waals surface area contributed by atoms with Crippen LogP contribution in [0, 0.1) is 5.92 Å². The number of para-hydroxylation sites is 1. The van der Waals surface area contributed by atoms with Gasteiger partial charge < -0.3 is 15.0 Å². The van der Waals surface area contributed by atoms with E-state index in [1.165, 1.54) is 0 Å². The van der Waals surface area contributed by atoms with Crippen LogP contribution in [0.2, 0.25) is 0 Å². The molecule has 7 nitrogen and oxygen atoms in total. The largest absolute Gasteiger partial charge is 0.507 e. The number of aromatic amines is 1. The smallest absolute Gasteiger partial charge is 0.269 e. The fourth-order valence-corrected chi connectivity index (χ4v) is 2.59. The number of aromatic nitrogens is 4. The number of aromatic hydroxyl groups is 1. The standard InChI is InChI=1S/C18H21N5O2/c1-12(2)10-23-11-19-8-13(23)9-20-18(25)16-7-15(21-22-16)14-5-3-4-6-17(14)24/h3-8,11-12,24H,9-10H2,1-2H3,(H,20,25)(H,21,22). The molecule has 0 saturated carbocycles. The van der Waals surface area contributed by atoms with Gasteiger partial charge in [-0.3, -0.25) is 9.89 Å². The zero-order chi connectivity index (χ0) is 17.8. The van der Waals surface area contributed by atoms with Crippen molar-refractivity contribution in [3.05, 3.63) is 54.2 Å². The quantitative estimate of drug-likeness (QED) is 0.643. The molecule has 0 saturated heterocycles. The molecule has 0 spiro atoms. The van der Waals surface area contributed by atoms with Gasteiger partial charge >= 0.3 is 0 Å². The average molecular weight is 339 g/mol. The zero-order valence-corrected chi connectivity index (χ0v) is 14.2. The Morgan fingerprint density at radius 2 is 2.16 bits per heavy atom. The van der Waals surface area contributed by atoms with E-state index < -0.39 is 0 Å². The first kappa shape index (κ1) is 16.8. The van der Waals surface area contributed by atoms with E-state index in [1.54, 1.807) is 42.9 Å². The van der Waals surface area contributed by atoms with E-state index in [4.69, 9.17) is 0 Å². The summed E-state index contributed by atoms with van der Waals surface area (Å²) in [6, 6.07) is 8.49. The second-order valence-electron chi connectivity index (χ2n) is 6.30. The van der Waals surface area contributed by atoms with Crippen LogP contribution in [0.3, 0.4) is 0 Å². The summed E-state index contributed by atoms with van der Waals surface area (Å²) < 4.78 is 2.03. The van der Waals surface area contributed by atoms with Crippen LogP contribution < -0.4 is 5.32 Å². The SMILES string of the molecule is CC(C)Cn1cncc1CNC(=O)c1cc(-c2ccccc2O)n[nH]1. The number of hydrogen-bond acceptors (Lipinski definition) is 4. The Labute approximate surface area is 145 Å². The van der Waals surface area contributed by atoms with Crippen molar-refractivity contribution in [2.75, 3.05) is 0 Å². The molecule has 0 bridgehead atoms. The van der Waals surface area contributed by atoms with Crippen molar-refractivity contribution in [2.45, 2.75) is 26.9 Å². The summed E-state index contributed by atoms with van der Waals surface area (Å²) in [5.74, 6) is 0.363. The van der Waals surface area contributed by atoms with Crippen LogP contribution in [0.4, 0.5) is 0 Å². The van der Waals surface area contributed by atoms with Crippen LogP contribution in [0.25, 0.3) is 11.3 Å². The van der Waals surface area contributed by atoms with Crippen molar-refractivity contribution in [3.63, 3.8) is 0 Å². The lowest BCUT2D eigenvalue weighted by molar-refractivity contribution is 0.0945. The molecule has 1 aromatic carbocycles. The number of nitrogens with one attached hydrogen (secondary N) is 2. The van der Waals surface area contributed by atoms with Gasteiger partial charge in [0.2, 0.25) is 0 Å². The molecule has 2 aromatic heterocycles. The second-order valence-corrected chi connectivity index (χ2v) is 6.30. The summed E-state index contributed by atoms with van der Waals surface area (Å²) in [6.07, 6.45) is 3.52. The second kappa shape index (κ2) is 7.21. The minimum atomic E-state index is -0.258. The van der Waals surface area contributed by atoms with E-state index in [9.17, 15) is 9.90 Å². The number of rotatable bonds is 6. The van der Waals surface area contributed by atoms with Crippen LogP contribution in [-0.4, -0.2) is 30.8 Å². The third kappa shape index (κ3) is 3.88. The molecule has 1 amide bonds. The molecular formula is C18H21N5O2. The Bertz CT molecular complexity index is 866. The molecule has 25 heavy (non-hydrogen) atoms. The van der Waals surface area contributed by atoms with Crippen LogP contribution in [-0.2, 0) is 13.1 Å². The van der Waals surface area contributed by atoms with E-state index >= 15 is 0 Å². The predicted molar refractivity (Wildman–Crippen MR) is 93.9 cm³/mol. The van der Waals surface area contributed by atoms with Gasteiger partial charge in [-0.2, -0.15) is 5.10 Å². The lowest BCUT2D eigenvalue weighted by atomic mass is 10.1. The molecule has 3 aromatic rings. The highest BCUT2D eigenvalue weighted by Gasteiger charge is 2.13. The normalized spacial score (nSPS) is 11.0. The first-order chi connectivity index (χ1) is 12.0. The van der Waals surface area contributed by atoms with Crippen molar-refractivity contribution in [1.82, 2.24) is 25.1 Å². The van der Waals surface area contributed by atoms with Crippen LogP contribution in [0.1, 0.15) is 30.0 Å². The molecule has 0 unspecified atom stereocenters. The molecule has 3 rings (SSSR count). The zero-order valence-electron chi connectivity index (χ0n) is 14.2. The summed E-state index contributed by atoms with van der Waals surface area (Å²) >= 11 is 0. The van der Waals surface area contributed by atoms with Gasteiger partial charge in [0, 0.05) is 18.3 Å². The third-order valence-corrected chi connectivity index (χ3v) is 3.79. The Morgan fingerprint density at radius 1 is 1.36 bits per heavy atom. The van der Waals surface area contributed by atoms with Gasteiger partial charge in [0.1, 0.15) is 11.4 Å². The number of amides is 1. The maximum absolute atomic E-state index is 12.3. The van der Waals surface area contributed by atoms with E-state index in [2.05, 4.69) is 34.3 Å². The number of benzene rings is 1. The summed E-state index contributed by atoms with van der Waals surface area (Å²) in [7, 11) is 0. The summed E-state index contributed by atoms with van der Waals surface area (Å²) in [5.41, 5.74) is 2.39. The molecule has 130 valence electrons. The van der Waals surface area contributed by atoms with Gasteiger partial charge in [-0.1, -0.05) is 26.0 Å². The van der Waals surface area contributed by atoms with Gasteiger partial charge in [-0.05, 0) is 24.1 Å². The number of phenolic OH excluding ortho intramolecular Hbond substituents is 1. The van der Waals surface area contributed by atoms with Gasteiger partial charge in [-0.15, -0.1) is 0 Å². The van der Waals surface area contributed by atoms with Crippen molar-refractivity contribution in [2.24, 2.45) is 5.92 Å². The van der Waals surface area contributed by atoms with Crippen LogP contribution >= 0.6 is 0 Å². The van der Waals surface area contributed by atoms with Gasteiger partial charge in [0.15, 0.2) is 0 Å². The van der Waals surface area contributed by atoms with E-state index in [0.717, 1.165) is 12.2 Å². The third-order valence-electron chi connectivity index (χ3n) is 3.79. The summed E-state index contributed by atoms with van der Waals surface area (Å²) in [4.78, 5) is 16.5. The first-order valence-corrected chi connectivity index (χ1v) is 8.15. The number of nitrogens with zero attached hydrogens (tertiary/aromatic N) is 3. The molecule has 0 aliphatic rings. The molecule has 3 N–H and O–H groups in total. The fraction of sp³-hybridized carbons (Fsp3) is 0.278. The first-order valence-electron chi connectivity index (χ1n) is 8.15. The monoisotopic (exact) mass is 339 g/mol. The van der Waals surface area contributed by atoms with E-state index in [0.29, 0.717) is 29.4 Å². The molecular weight excluding hydrogens is 318 g/mol. The Kier molecular flexibility index (Phi) is 4.83. The maximum atomic E-state index is 12.3. The van der Waals surface area contributed by atoms with Gasteiger partial charge in [0.05, 0.1) is 24.3 Å². The van der Waals surface area contributed by atoms with Crippen molar-refractivity contribution in [3.8, 4) is 17.0 Å². The van der Waals surface area contributed by atoms with Gasteiger partial charge in [0.25, 0.3) is 5.91 Å². The molecule has 7 heteroatoms. The molecule has 0 aliphatic carbocycles. The van der Waals surface area contributed by atoms with Crippen LogP contribution in [0.5, 0.6) is 5.75 Å². The highest BCUT2D eigenvalue weighted by Crippen LogP contribution is 2.27. The molecule has 0 radical (unpaired) electrons. The van der Waals surface area contributed by atoms with Crippen molar-refractivity contribution in [1.29, 1.82) is 0 Å². The number of imidazole rings is 1. The Hall–Kier alpha value is -3.09. The minimum absolute atomic E-state index is 0.124. The van der Waals surface area contributed by atoms with Crippen molar-refractivity contribution >= 4 is 5.91 Å². The molecule has 0 fully saturated rings. The minimum Gasteiger partial charge on any atom is -0.507 e. The van der Waals surface area contributed by atoms with Gasteiger partial charge in [-0.25, -0.2) is 4.98 Å². The number of carbonyl (C=O) groups excluding carboxylic acids is 1. The topological polar surface area (TPSA) is 95.8 Å². The van der Waals surface area contributed by atoms with Crippen LogP contribution in [0.15, 0.2) is 42.9 Å². The lowest BCUT2D eigenvalue weighted by Crippen LogP contribution is -2.24. The fourth-order valence-electron chi connectivity index (χ4n) is 2.59. The predicted octanol–water partition coefficient (Wildman–Crippen LogP) is 2.56. The number of phenols is 1. The Balaban J connectivity index is 1.67. The number of carbonyl (C=O) groups is 1. The van der Waals surface area contributed by atoms with E-state index in [-0.39, 0.29) is 11.7 Å². The highest BCUT2D eigenvalue weighted by atomic mass is 16.3. The number of hydrogen-bond donors (Lipinski definition) is 3. The Morgan fingerprint density at radius 3 is 2.92 bits per heavy atom. The molecule has 0 atom stereocenters. The maximum Gasteiger partial charge on any atom is 0.269 e. The summed E-state index contributed by atoms with van der Waals surface area (Å²) in [5, 5.41) is 19.6. The molecule has 2 heterocycles. The summed E-state index contributed by atoms with van der Waals surface area (Å²) in [6.45, 7) is 5.50. The average Bonchev–Trinajstić information content (AvgIpc) is 3.22. The lowest BCUT2D eigenvalue weighted by Gasteiger charge is -2.10. The highest BCUT2D eigenvalue weighted by molar-refractivity contribution is 5.93. The van der Waals surface area contributed by atoms with E-state index in [1.807, 2.05) is 4.57 Å².